The first-order chi connectivity index (χ1) is 8.93. The molecule has 1 aliphatic rings. The minimum atomic E-state index is -0.616. The van der Waals surface area contributed by atoms with Crippen molar-refractivity contribution in [3.8, 4) is 0 Å². The quantitative estimate of drug-likeness (QED) is 0.493. The average Bonchev–Trinajstić information content (AvgIpc) is 2.32. The molecule has 0 aromatic heterocycles. The highest BCUT2D eigenvalue weighted by atomic mass is 16.6. The van der Waals surface area contributed by atoms with E-state index in [2.05, 4.69) is 12.2 Å². The van der Waals surface area contributed by atoms with Crippen LogP contribution in [-0.2, 0) is 0 Å². The molecule has 1 aromatic carbocycles. The van der Waals surface area contributed by atoms with Crippen LogP contribution in [0.15, 0.2) is 18.2 Å². The van der Waals surface area contributed by atoms with Crippen molar-refractivity contribution in [3.63, 3.8) is 0 Å². The van der Waals surface area contributed by atoms with Crippen molar-refractivity contribution < 1.29 is 9.72 Å². The number of amides is 1. The predicted molar refractivity (Wildman–Crippen MR) is 71.8 cm³/mol. The van der Waals surface area contributed by atoms with E-state index in [1.807, 2.05) is 0 Å². The minimum absolute atomic E-state index is 0.00695. The van der Waals surface area contributed by atoms with E-state index in [1.54, 1.807) is 6.07 Å². The Kier molecular flexibility index (Phi) is 3.42. The number of carbonyl (C=O) groups excluding carboxylic acids is 1. The standard InChI is InChI=1S/C13H17N3O3/c1-13(6-3-7-13)8-15-12(17)9-4-2-5-10(14)11(9)16(18)19/h2,4-5H,3,6-8,14H2,1H3,(H,15,17). The fourth-order valence-electron chi connectivity index (χ4n) is 2.29. The Hall–Kier alpha value is -2.11. The maximum atomic E-state index is 12.0. The predicted octanol–water partition coefficient (Wildman–Crippen LogP) is 2.10. The molecule has 0 saturated heterocycles. The number of nitro groups is 1. The normalized spacial score (nSPS) is 16.5. The van der Waals surface area contributed by atoms with Crippen molar-refractivity contribution >= 4 is 17.3 Å². The summed E-state index contributed by atoms with van der Waals surface area (Å²) in [6.07, 6.45) is 3.32. The summed E-state index contributed by atoms with van der Waals surface area (Å²) in [5.74, 6) is -0.438. The smallest absolute Gasteiger partial charge is 0.304 e. The van der Waals surface area contributed by atoms with Gasteiger partial charge in [0.2, 0.25) is 0 Å². The summed E-state index contributed by atoms with van der Waals surface area (Å²) in [4.78, 5) is 22.4. The van der Waals surface area contributed by atoms with Gasteiger partial charge < -0.3 is 11.1 Å². The Balaban J connectivity index is 2.14. The summed E-state index contributed by atoms with van der Waals surface area (Å²) in [6.45, 7) is 2.64. The van der Waals surface area contributed by atoms with Crippen LogP contribution in [0.5, 0.6) is 0 Å². The minimum Gasteiger partial charge on any atom is -0.393 e. The number of nitrogens with zero attached hydrogens (tertiary/aromatic N) is 1. The third-order valence-electron chi connectivity index (χ3n) is 3.73. The molecule has 19 heavy (non-hydrogen) atoms. The van der Waals surface area contributed by atoms with Gasteiger partial charge in [-0.2, -0.15) is 0 Å². The summed E-state index contributed by atoms with van der Waals surface area (Å²) in [6, 6.07) is 4.39. The largest absolute Gasteiger partial charge is 0.393 e. The summed E-state index contributed by atoms with van der Waals surface area (Å²) >= 11 is 0. The van der Waals surface area contributed by atoms with Crippen LogP contribution in [0.2, 0.25) is 0 Å². The molecule has 1 saturated carbocycles. The van der Waals surface area contributed by atoms with E-state index in [4.69, 9.17) is 5.73 Å². The van der Waals surface area contributed by atoms with E-state index in [-0.39, 0.29) is 22.4 Å². The fraction of sp³-hybridized carbons (Fsp3) is 0.462. The van der Waals surface area contributed by atoms with Crippen LogP contribution in [0, 0.1) is 15.5 Å². The zero-order valence-corrected chi connectivity index (χ0v) is 10.8. The third-order valence-corrected chi connectivity index (χ3v) is 3.73. The third kappa shape index (κ3) is 2.67. The molecule has 0 heterocycles. The second-order valence-electron chi connectivity index (χ2n) is 5.35. The van der Waals surface area contributed by atoms with Crippen molar-refractivity contribution in [2.75, 3.05) is 12.3 Å². The molecule has 0 spiro atoms. The number of nitrogens with one attached hydrogen (secondary N) is 1. The van der Waals surface area contributed by atoms with Crippen molar-refractivity contribution in [3.05, 3.63) is 33.9 Å². The Morgan fingerprint density at radius 3 is 2.74 bits per heavy atom. The van der Waals surface area contributed by atoms with Crippen LogP contribution < -0.4 is 11.1 Å². The van der Waals surface area contributed by atoms with Crippen LogP contribution in [-0.4, -0.2) is 17.4 Å². The van der Waals surface area contributed by atoms with E-state index >= 15 is 0 Å². The number of nitrogen functional groups attached to an aromatic ring is 1. The molecule has 0 aliphatic heterocycles. The monoisotopic (exact) mass is 263 g/mol. The maximum Gasteiger partial charge on any atom is 0.304 e. The first-order valence-corrected chi connectivity index (χ1v) is 6.24. The number of para-hydroxylation sites is 1. The number of benzene rings is 1. The molecule has 0 bridgehead atoms. The lowest BCUT2D eigenvalue weighted by molar-refractivity contribution is -0.384. The molecule has 1 aliphatic carbocycles. The van der Waals surface area contributed by atoms with Crippen LogP contribution in [0.1, 0.15) is 36.5 Å². The molecule has 1 aromatic rings. The highest BCUT2D eigenvalue weighted by Crippen LogP contribution is 2.39. The highest BCUT2D eigenvalue weighted by Gasteiger charge is 2.32. The fourth-order valence-corrected chi connectivity index (χ4v) is 2.29. The molecule has 3 N–H and O–H groups in total. The topological polar surface area (TPSA) is 98.3 Å². The van der Waals surface area contributed by atoms with Gasteiger partial charge in [0.15, 0.2) is 0 Å². The number of carbonyl (C=O) groups is 1. The number of hydrogen-bond donors (Lipinski definition) is 2. The molecule has 0 radical (unpaired) electrons. The summed E-state index contributed by atoms with van der Waals surface area (Å²) < 4.78 is 0. The first-order valence-electron chi connectivity index (χ1n) is 6.24. The van der Waals surface area contributed by atoms with Crippen LogP contribution in [0.25, 0.3) is 0 Å². The van der Waals surface area contributed by atoms with Crippen LogP contribution in [0.3, 0.4) is 0 Å². The Morgan fingerprint density at radius 2 is 2.21 bits per heavy atom. The van der Waals surface area contributed by atoms with E-state index in [9.17, 15) is 14.9 Å². The SMILES string of the molecule is CC1(CNC(=O)c2cccc(N)c2[N+](=O)[O-])CCC1. The number of rotatable bonds is 4. The molecule has 0 unspecified atom stereocenters. The van der Waals surface area contributed by atoms with Gasteiger partial charge in [0.25, 0.3) is 5.91 Å². The second-order valence-corrected chi connectivity index (χ2v) is 5.35. The summed E-state index contributed by atoms with van der Waals surface area (Å²) in [5, 5.41) is 13.7. The Bertz CT molecular complexity index is 524. The zero-order chi connectivity index (χ0) is 14.0. The van der Waals surface area contributed by atoms with Gasteiger partial charge in [-0.15, -0.1) is 0 Å². The number of nitro benzene ring substituents is 1. The van der Waals surface area contributed by atoms with Gasteiger partial charge in [0, 0.05) is 6.54 Å². The molecule has 1 amide bonds. The molecular formula is C13H17N3O3. The number of hydrogen-bond acceptors (Lipinski definition) is 4. The average molecular weight is 263 g/mol. The molecule has 2 rings (SSSR count). The van der Waals surface area contributed by atoms with E-state index in [0.29, 0.717) is 6.54 Å². The summed E-state index contributed by atoms with van der Waals surface area (Å²) in [7, 11) is 0. The molecule has 102 valence electrons. The maximum absolute atomic E-state index is 12.0. The molecule has 6 nitrogen and oxygen atoms in total. The van der Waals surface area contributed by atoms with Crippen molar-refractivity contribution in [1.82, 2.24) is 5.32 Å². The van der Waals surface area contributed by atoms with Crippen molar-refractivity contribution in [1.29, 1.82) is 0 Å². The van der Waals surface area contributed by atoms with E-state index in [1.165, 1.54) is 18.6 Å². The highest BCUT2D eigenvalue weighted by molar-refractivity contribution is 6.00. The van der Waals surface area contributed by atoms with Crippen molar-refractivity contribution in [2.24, 2.45) is 5.41 Å². The Labute approximate surface area is 111 Å². The molecule has 6 heteroatoms. The number of nitrogens with two attached hydrogens (primary N) is 1. The lowest BCUT2D eigenvalue weighted by Crippen LogP contribution is -2.40. The van der Waals surface area contributed by atoms with Gasteiger partial charge in [0.1, 0.15) is 11.3 Å². The molecule has 1 fully saturated rings. The molecule has 0 atom stereocenters. The summed E-state index contributed by atoms with van der Waals surface area (Å²) in [5.41, 5.74) is 5.40. The van der Waals surface area contributed by atoms with Gasteiger partial charge in [-0.3, -0.25) is 14.9 Å². The molecular weight excluding hydrogens is 246 g/mol. The Morgan fingerprint density at radius 1 is 1.53 bits per heavy atom. The van der Waals surface area contributed by atoms with Gasteiger partial charge in [-0.1, -0.05) is 19.4 Å². The van der Waals surface area contributed by atoms with Gasteiger partial charge in [-0.25, -0.2) is 0 Å². The zero-order valence-electron chi connectivity index (χ0n) is 10.8. The van der Waals surface area contributed by atoms with Gasteiger partial charge in [0.05, 0.1) is 4.92 Å². The lowest BCUT2D eigenvalue weighted by Gasteiger charge is -2.38. The van der Waals surface area contributed by atoms with E-state index < -0.39 is 10.8 Å². The first kappa shape index (κ1) is 13.3. The van der Waals surface area contributed by atoms with Crippen LogP contribution >= 0.6 is 0 Å². The van der Waals surface area contributed by atoms with Gasteiger partial charge in [-0.05, 0) is 30.4 Å². The number of anilines is 1. The second kappa shape index (κ2) is 4.87. The van der Waals surface area contributed by atoms with Crippen molar-refractivity contribution in [2.45, 2.75) is 26.2 Å². The lowest BCUT2D eigenvalue weighted by atomic mass is 9.70. The van der Waals surface area contributed by atoms with Gasteiger partial charge >= 0.3 is 5.69 Å². The van der Waals surface area contributed by atoms with Crippen LogP contribution in [0.4, 0.5) is 11.4 Å². The van der Waals surface area contributed by atoms with E-state index in [0.717, 1.165) is 12.8 Å².